The van der Waals surface area contributed by atoms with E-state index in [1.165, 1.54) is 6.07 Å². The summed E-state index contributed by atoms with van der Waals surface area (Å²) in [5.74, 6) is -1.33. The zero-order chi connectivity index (χ0) is 14.3. The summed E-state index contributed by atoms with van der Waals surface area (Å²) in [7, 11) is 0. The minimum atomic E-state index is -0.915. The number of halogens is 3. The van der Waals surface area contributed by atoms with E-state index in [0.717, 1.165) is 43.0 Å². The third-order valence-corrected chi connectivity index (χ3v) is 4.61. The summed E-state index contributed by atoms with van der Waals surface area (Å²) in [5.41, 5.74) is 2.61. The Bertz CT molecular complexity index is 743. The second-order valence-corrected chi connectivity index (χ2v) is 5.96. The smallest absolute Gasteiger partial charge is 0.173 e. The summed E-state index contributed by atoms with van der Waals surface area (Å²) in [5, 5.41) is 0. The van der Waals surface area contributed by atoms with Crippen LogP contribution in [0.4, 0.5) is 8.78 Å². The van der Waals surface area contributed by atoms with Crippen molar-refractivity contribution >= 4 is 28.1 Å². The molecule has 0 amide bonds. The van der Waals surface area contributed by atoms with Crippen LogP contribution in [0.1, 0.15) is 24.1 Å². The molecule has 3 rings (SSSR count). The monoisotopic (exact) mass is 356 g/mol. The van der Waals surface area contributed by atoms with Crippen molar-refractivity contribution in [3.05, 3.63) is 44.1 Å². The number of aromatic amines is 1. The van der Waals surface area contributed by atoms with Crippen molar-refractivity contribution in [3.63, 3.8) is 0 Å². The predicted octanol–water partition coefficient (Wildman–Crippen LogP) is 4.73. The number of aryl methyl sites for hydroxylation is 1. The summed E-state index contributed by atoms with van der Waals surface area (Å²) >= 11 is 8.39. The molecule has 2 aromatic rings. The predicted molar refractivity (Wildman–Crippen MR) is 79.1 cm³/mol. The van der Waals surface area contributed by atoms with E-state index in [0.29, 0.717) is 16.0 Å². The number of nitrogens with zero attached hydrogens (tertiary/aromatic N) is 1. The van der Waals surface area contributed by atoms with Gasteiger partial charge in [-0.2, -0.15) is 0 Å². The zero-order valence-corrected chi connectivity index (χ0v) is 12.9. The summed E-state index contributed by atoms with van der Waals surface area (Å²) in [4.78, 5) is 7.54. The molecule has 2 nitrogen and oxygen atoms in total. The molecular weight excluding hydrogens is 346 g/mol. The molecule has 1 aliphatic carbocycles. The van der Waals surface area contributed by atoms with Crippen LogP contribution in [-0.2, 0) is 12.8 Å². The van der Waals surface area contributed by atoms with Gasteiger partial charge in [-0.3, -0.25) is 0 Å². The minimum absolute atomic E-state index is 0.0615. The standard InChI is InChI=1S/C14H11BrF2N2S/c15-11-8(5-6-9(16)12(11)17)13-18-10-4-2-1-3-7(10)14(20)19-13/h5-6H,1-4H2,(H,18,19,20). The van der Waals surface area contributed by atoms with Crippen molar-refractivity contribution in [1.82, 2.24) is 9.97 Å². The van der Waals surface area contributed by atoms with E-state index in [2.05, 4.69) is 25.9 Å². The first-order chi connectivity index (χ1) is 9.58. The van der Waals surface area contributed by atoms with E-state index in [1.807, 2.05) is 0 Å². The molecule has 0 atom stereocenters. The Morgan fingerprint density at radius 1 is 1.20 bits per heavy atom. The van der Waals surface area contributed by atoms with Gasteiger partial charge in [0.15, 0.2) is 11.6 Å². The highest BCUT2D eigenvalue weighted by Gasteiger charge is 2.17. The maximum Gasteiger partial charge on any atom is 0.173 e. The number of fused-ring (bicyclic) bond motifs is 1. The largest absolute Gasteiger partial charge is 0.343 e. The molecule has 1 aliphatic rings. The molecule has 0 aliphatic heterocycles. The molecule has 1 N–H and O–H groups in total. The van der Waals surface area contributed by atoms with Gasteiger partial charge in [0.1, 0.15) is 10.5 Å². The van der Waals surface area contributed by atoms with Crippen LogP contribution in [-0.4, -0.2) is 9.97 Å². The highest BCUT2D eigenvalue weighted by Crippen LogP contribution is 2.31. The van der Waals surface area contributed by atoms with Crippen LogP contribution >= 0.6 is 28.1 Å². The van der Waals surface area contributed by atoms with Gasteiger partial charge in [0.25, 0.3) is 0 Å². The van der Waals surface area contributed by atoms with Crippen molar-refractivity contribution in [1.29, 1.82) is 0 Å². The van der Waals surface area contributed by atoms with Gasteiger partial charge >= 0.3 is 0 Å². The molecule has 1 aromatic heterocycles. The van der Waals surface area contributed by atoms with Crippen LogP contribution in [0.15, 0.2) is 16.6 Å². The molecule has 20 heavy (non-hydrogen) atoms. The Morgan fingerprint density at radius 2 is 1.95 bits per heavy atom. The molecule has 0 unspecified atom stereocenters. The molecule has 1 aromatic carbocycles. The first-order valence-electron chi connectivity index (χ1n) is 6.34. The van der Waals surface area contributed by atoms with Gasteiger partial charge in [0.05, 0.1) is 4.47 Å². The van der Waals surface area contributed by atoms with Gasteiger partial charge in [-0.15, -0.1) is 0 Å². The van der Waals surface area contributed by atoms with E-state index in [9.17, 15) is 8.78 Å². The van der Waals surface area contributed by atoms with E-state index < -0.39 is 11.6 Å². The summed E-state index contributed by atoms with van der Waals surface area (Å²) in [6.07, 6.45) is 4.05. The fourth-order valence-corrected chi connectivity index (χ4v) is 3.28. The lowest BCUT2D eigenvalue weighted by Gasteiger charge is -2.17. The quantitative estimate of drug-likeness (QED) is 0.591. The number of aromatic nitrogens is 2. The van der Waals surface area contributed by atoms with Crippen molar-refractivity contribution in [2.75, 3.05) is 0 Å². The van der Waals surface area contributed by atoms with Crippen molar-refractivity contribution in [2.24, 2.45) is 0 Å². The van der Waals surface area contributed by atoms with E-state index >= 15 is 0 Å². The molecule has 1 heterocycles. The van der Waals surface area contributed by atoms with Crippen LogP contribution in [0.2, 0.25) is 0 Å². The summed E-state index contributed by atoms with van der Waals surface area (Å²) in [6.45, 7) is 0. The van der Waals surface area contributed by atoms with Gasteiger partial charge in [0.2, 0.25) is 0 Å². The first-order valence-corrected chi connectivity index (χ1v) is 7.54. The number of nitrogens with one attached hydrogen (secondary N) is 1. The van der Waals surface area contributed by atoms with Crippen LogP contribution in [0.25, 0.3) is 11.4 Å². The number of hydrogen-bond donors (Lipinski definition) is 1. The maximum absolute atomic E-state index is 13.6. The molecular formula is C14H11BrF2N2S. The van der Waals surface area contributed by atoms with Gasteiger partial charge in [-0.25, -0.2) is 13.8 Å². The van der Waals surface area contributed by atoms with Crippen LogP contribution in [0.3, 0.4) is 0 Å². The van der Waals surface area contributed by atoms with E-state index in [4.69, 9.17) is 12.2 Å². The van der Waals surface area contributed by atoms with Gasteiger partial charge in [-0.05, 0) is 53.7 Å². The Kier molecular flexibility index (Phi) is 3.69. The van der Waals surface area contributed by atoms with Gasteiger partial charge < -0.3 is 4.98 Å². The average molecular weight is 357 g/mol. The normalized spacial score (nSPS) is 14.2. The minimum Gasteiger partial charge on any atom is -0.343 e. The van der Waals surface area contributed by atoms with Crippen molar-refractivity contribution in [2.45, 2.75) is 25.7 Å². The maximum atomic E-state index is 13.6. The highest BCUT2D eigenvalue weighted by atomic mass is 79.9. The molecule has 0 saturated heterocycles. The fraction of sp³-hybridized carbons (Fsp3) is 0.286. The lowest BCUT2D eigenvalue weighted by Crippen LogP contribution is -2.09. The second kappa shape index (κ2) is 5.33. The fourth-order valence-electron chi connectivity index (χ4n) is 2.46. The number of hydrogen-bond acceptors (Lipinski definition) is 2. The van der Waals surface area contributed by atoms with Crippen LogP contribution in [0, 0.1) is 16.3 Å². The molecule has 0 fully saturated rings. The lowest BCUT2D eigenvalue weighted by atomic mass is 9.97. The van der Waals surface area contributed by atoms with E-state index in [-0.39, 0.29) is 4.47 Å². The first kappa shape index (κ1) is 13.8. The van der Waals surface area contributed by atoms with Gasteiger partial charge in [0, 0.05) is 16.8 Å². The zero-order valence-electron chi connectivity index (χ0n) is 10.5. The number of H-pyrrole nitrogens is 1. The van der Waals surface area contributed by atoms with Crippen molar-refractivity contribution < 1.29 is 8.78 Å². The Balaban J connectivity index is 2.19. The third kappa shape index (κ3) is 2.31. The Labute approximate surface area is 128 Å². The van der Waals surface area contributed by atoms with Crippen molar-refractivity contribution in [3.8, 4) is 11.4 Å². The topological polar surface area (TPSA) is 28.7 Å². The number of benzene rings is 1. The highest BCUT2D eigenvalue weighted by molar-refractivity contribution is 9.10. The summed E-state index contributed by atoms with van der Waals surface area (Å²) in [6, 6.07) is 2.58. The molecule has 0 spiro atoms. The SMILES string of the molecule is Fc1ccc(-c2nc(=S)c3c([nH]2)CCCC3)c(Br)c1F. The van der Waals surface area contributed by atoms with Crippen LogP contribution < -0.4 is 0 Å². The Morgan fingerprint density at radius 3 is 2.75 bits per heavy atom. The van der Waals surface area contributed by atoms with E-state index in [1.54, 1.807) is 0 Å². The molecule has 6 heteroatoms. The average Bonchev–Trinajstić information content (AvgIpc) is 2.45. The number of rotatable bonds is 1. The molecule has 0 bridgehead atoms. The molecule has 104 valence electrons. The van der Waals surface area contributed by atoms with Crippen LogP contribution in [0.5, 0.6) is 0 Å². The lowest BCUT2D eigenvalue weighted by molar-refractivity contribution is 0.504. The molecule has 0 radical (unpaired) electrons. The second-order valence-electron chi connectivity index (χ2n) is 4.78. The third-order valence-electron chi connectivity index (χ3n) is 3.50. The summed E-state index contributed by atoms with van der Waals surface area (Å²) < 4.78 is 27.4. The Hall–Kier alpha value is -1.14. The molecule has 0 saturated carbocycles. The van der Waals surface area contributed by atoms with Gasteiger partial charge in [-0.1, -0.05) is 12.2 Å².